The Morgan fingerprint density at radius 1 is 1.47 bits per heavy atom. The van der Waals surface area contributed by atoms with Crippen molar-refractivity contribution >= 4 is 23.5 Å². The van der Waals surface area contributed by atoms with E-state index in [9.17, 15) is 4.79 Å². The van der Waals surface area contributed by atoms with Crippen LogP contribution in [0.5, 0.6) is 0 Å². The third-order valence-electron chi connectivity index (χ3n) is 3.51. The molecule has 1 aliphatic carbocycles. The van der Waals surface area contributed by atoms with Gasteiger partial charge in [0.05, 0.1) is 11.7 Å². The molecule has 1 heterocycles. The molecule has 0 saturated heterocycles. The fourth-order valence-electron chi connectivity index (χ4n) is 2.57. The van der Waals surface area contributed by atoms with E-state index in [1.807, 2.05) is 0 Å². The largest absolute Gasteiger partial charge is 0.295 e. The summed E-state index contributed by atoms with van der Waals surface area (Å²) in [6, 6.07) is 0.470. The molecule has 1 aromatic heterocycles. The topological polar surface area (TPSA) is 47.8 Å². The average Bonchev–Trinajstić information content (AvgIpc) is 3.02. The van der Waals surface area contributed by atoms with Crippen LogP contribution in [0.1, 0.15) is 56.5 Å². The summed E-state index contributed by atoms with van der Waals surface area (Å²) in [6.45, 7) is 1.54. The number of carbonyl (C=O) groups excluding carboxylic acids is 1. The predicted octanol–water partition coefficient (Wildman–Crippen LogP) is 3.17. The Morgan fingerprint density at radius 2 is 2.21 bits per heavy atom. The van der Waals surface area contributed by atoms with Crippen molar-refractivity contribution in [1.82, 2.24) is 15.0 Å². The van der Waals surface area contributed by atoms with Crippen LogP contribution in [0.4, 0.5) is 0 Å². The number of alkyl halides is 1. The molecule has 1 fully saturated rings. The van der Waals surface area contributed by atoms with Gasteiger partial charge in [0, 0.05) is 5.88 Å². The number of ketones is 1. The zero-order chi connectivity index (χ0) is 13.7. The van der Waals surface area contributed by atoms with Crippen molar-refractivity contribution < 1.29 is 4.79 Å². The minimum atomic E-state index is 0.0266. The lowest BCUT2D eigenvalue weighted by atomic mass is 10.1. The number of nitrogens with zero attached hydrogens (tertiary/aromatic N) is 3. The maximum Gasteiger partial charge on any atom is 0.152 e. The van der Waals surface area contributed by atoms with Gasteiger partial charge < -0.3 is 0 Å². The molecule has 0 radical (unpaired) electrons. The molecule has 0 N–H and O–H groups in total. The molecule has 1 aromatic rings. The monoisotopic (exact) mass is 281 g/mol. The van der Waals surface area contributed by atoms with E-state index in [1.54, 1.807) is 12.2 Å². The number of rotatable bonds is 6. The van der Waals surface area contributed by atoms with Gasteiger partial charge in [-0.1, -0.05) is 18.1 Å². The zero-order valence-corrected chi connectivity index (χ0v) is 12.1. The molecular formula is C14H20ClN3O. The van der Waals surface area contributed by atoms with Gasteiger partial charge in [0.1, 0.15) is 5.69 Å². The fraction of sp³-hybridized carbons (Fsp3) is 0.643. The normalized spacial score (nSPS) is 16.5. The average molecular weight is 282 g/mol. The molecule has 0 amide bonds. The molecule has 1 saturated carbocycles. The molecular weight excluding hydrogens is 262 g/mol. The molecule has 104 valence electrons. The van der Waals surface area contributed by atoms with E-state index in [1.165, 1.54) is 32.6 Å². The van der Waals surface area contributed by atoms with Gasteiger partial charge in [-0.2, -0.15) is 0 Å². The van der Waals surface area contributed by atoms with Crippen LogP contribution in [-0.2, 0) is 11.2 Å². The molecule has 5 heteroatoms. The molecule has 0 bridgehead atoms. The van der Waals surface area contributed by atoms with Crippen LogP contribution in [0.15, 0.2) is 6.08 Å². The molecule has 0 unspecified atom stereocenters. The van der Waals surface area contributed by atoms with Crippen LogP contribution in [-0.4, -0.2) is 26.7 Å². The Kier molecular flexibility index (Phi) is 5.14. The van der Waals surface area contributed by atoms with Crippen molar-refractivity contribution in [3.8, 4) is 0 Å². The Labute approximate surface area is 118 Å². The number of halogens is 1. The Balaban J connectivity index is 2.24. The standard InChI is InChI=1S/C14H20ClN3O/c1-11(19)8-9-13-14(7-4-10-15)18(17-16-13)12-5-2-3-6-12/h8-9,12H,2-7,10H2,1H3/b9-8+. The summed E-state index contributed by atoms with van der Waals surface area (Å²) in [5.41, 5.74) is 1.93. The van der Waals surface area contributed by atoms with Crippen LogP contribution >= 0.6 is 11.6 Å². The summed E-state index contributed by atoms with van der Waals surface area (Å²) in [4.78, 5) is 11.0. The molecule has 0 atom stereocenters. The van der Waals surface area contributed by atoms with Gasteiger partial charge in [-0.25, -0.2) is 4.68 Å². The first-order valence-corrected chi connectivity index (χ1v) is 7.44. The van der Waals surface area contributed by atoms with Gasteiger partial charge in [-0.15, -0.1) is 16.7 Å². The van der Waals surface area contributed by atoms with Crippen molar-refractivity contribution in [3.63, 3.8) is 0 Å². The molecule has 4 nitrogen and oxygen atoms in total. The summed E-state index contributed by atoms with van der Waals surface area (Å²) in [6.07, 6.45) is 9.96. The molecule has 2 rings (SSSR count). The quantitative estimate of drug-likeness (QED) is 0.594. The third-order valence-corrected chi connectivity index (χ3v) is 3.78. The van der Waals surface area contributed by atoms with Crippen LogP contribution < -0.4 is 0 Å². The summed E-state index contributed by atoms with van der Waals surface area (Å²) in [5.74, 6) is 0.657. The summed E-state index contributed by atoms with van der Waals surface area (Å²) in [7, 11) is 0. The lowest BCUT2D eigenvalue weighted by Gasteiger charge is -2.13. The summed E-state index contributed by atoms with van der Waals surface area (Å²) in [5, 5.41) is 8.51. The second kappa shape index (κ2) is 6.85. The van der Waals surface area contributed by atoms with E-state index in [4.69, 9.17) is 11.6 Å². The molecule has 0 aromatic carbocycles. The number of hydrogen-bond acceptors (Lipinski definition) is 3. The first-order valence-electron chi connectivity index (χ1n) is 6.91. The number of hydrogen-bond donors (Lipinski definition) is 0. The third kappa shape index (κ3) is 3.66. The second-order valence-electron chi connectivity index (χ2n) is 5.04. The van der Waals surface area contributed by atoms with Crippen LogP contribution in [0.2, 0.25) is 0 Å². The molecule has 1 aliphatic rings. The van der Waals surface area contributed by atoms with Crippen LogP contribution in [0.3, 0.4) is 0 Å². The van der Waals surface area contributed by atoms with Gasteiger partial charge in [0.15, 0.2) is 5.78 Å². The number of allylic oxidation sites excluding steroid dienone is 1. The van der Waals surface area contributed by atoms with E-state index in [-0.39, 0.29) is 5.78 Å². The zero-order valence-electron chi connectivity index (χ0n) is 11.3. The van der Waals surface area contributed by atoms with Crippen molar-refractivity contribution in [2.75, 3.05) is 5.88 Å². The highest BCUT2D eigenvalue weighted by atomic mass is 35.5. The highest BCUT2D eigenvalue weighted by Gasteiger charge is 2.22. The van der Waals surface area contributed by atoms with Gasteiger partial charge in [-0.3, -0.25) is 4.79 Å². The predicted molar refractivity (Wildman–Crippen MR) is 76.3 cm³/mol. The van der Waals surface area contributed by atoms with Gasteiger partial charge in [-0.05, 0) is 44.8 Å². The van der Waals surface area contributed by atoms with Crippen LogP contribution in [0.25, 0.3) is 6.08 Å². The van der Waals surface area contributed by atoms with Gasteiger partial charge >= 0.3 is 0 Å². The number of carbonyl (C=O) groups is 1. The van der Waals surface area contributed by atoms with E-state index in [2.05, 4.69) is 15.0 Å². The summed E-state index contributed by atoms with van der Waals surface area (Å²) >= 11 is 5.79. The van der Waals surface area contributed by atoms with E-state index in [0.717, 1.165) is 24.2 Å². The van der Waals surface area contributed by atoms with Crippen molar-refractivity contribution in [3.05, 3.63) is 17.5 Å². The minimum Gasteiger partial charge on any atom is -0.295 e. The lowest BCUT2D eigenvalue weighted by Crippen LogP contribution is -2.11. The smallest absolute Gasteiger partial charge is 0.152 e. The highest BCUT2D eigenvalue weighted by Crippen LogP contribution is 2.30. The summed E-state index contributed by atoms with van der Waals surface area (Å²) < 4.78 is 2.05. The van der Waals surface area contributed by atoms with E-state index < -0.39 is 0 Å². The van der Waals surface area contributed by atoms with E-state index in [0.29, 0.717) is 11.9 Å². The maximum absolute atomic E-state index is 11.0. The lowest BCUT2D eigenvalue weighted by molar-refractivity contribution is -0.112. The SMILES string of the molecule is CC(=O)/C=C/c1nnn(C2CCCC2)c1CCCCl. The Morgan fingerprint density at radius 3 is 2.84 bits per heavy atom. The van der Waals surface area contributed by atoms with Crippen molar-refractivity contribution in [2.45, 2.75) is 51.5 Å². The van der Waals surface area contributed by atoms with Crippen molar-refractivity contribution in [2.24, 2.45) is 0 Å². The number of aromatic nitrogens is 3. The second-order valence-corrected chi connectivity index (χ2v) is 5.42. The minimum absolute atomic E-state index is 0.0266. The Bertz CT molecular complexity index is 461. The first-order chi connectivity index (χ1) is 9.22. The van der Waals surface area contributed by atoms with Gasteiger partial charge in [0.2, 0.25) is 0 Å². The van der Waals surface area contributed by atoms with Gasteiger partial charge in [0.25, 0.3) is 0 Å². The molecule has 0 spiro atoms. The highest BCUT2D eigenvalue weighted by molar-refractivity contribution is 6.17. The maximum atomic E-state index is 11.0. The fourth-order valence-corrected chi connectivity index (χ4v) is 2.70. The first kappa shape index (κ1) is 14.3. The van der Waals surface area contributed by atoms with E-state index >= 15 is 0 Å². The Hall–Kier alpha value is -1.16. The molecule has 0 aliphatic heterocycles. The van der Waals surface area contributed by atoms with Crippen LogP contribution in [0, 0.1) is 0 Å². The van der Waals surface area contributed by atoms with Crippen molar-refractivity contribution in [1.29, 1.82) is 0 Å². The molecule has 19 heavy (non-hydrogen) atoms.